The van der Waals surface area contributed by atoms with Gasteiger partial charge in [-0.3, -0.25) is 9.69 Å². The summed E-state index contributed by atoms with van der Waals surface area (Å²) >= 11 is 0. The predicted octanol–water partition coefficient (Wildman–Crippen LogP) is 2.48. The van der Waals surface area contributed by atoms with E-state index in [9.17, 15) is 9.59 Å². The van der Waals surface area contributed by atoms with Crippen molar-refractivity contribution in [3.63, 3.8) is 0 Å². The minimum absolute atomic E-state index is 0.105. The Morgan fingerprint density at radius 2 is 1.96 bits per heavy atom. The van der Waals surface area contributed by atoms with Crippen molar-refractivity contribution in [3.8, 4) is 0 Å². The molecule has 0 radical (unpaired) electrons. The summed E-state index contributed by atoms with van der Waals surface area (Å²) < 4.78 is 5.40. The van der Waals surface area contributed by atoms with Gasteiger partial charge in [-0.25, -0.2) is 4.79 Å². The van der Waals surface area contributed by atoms with E-state index in [1.165, 1.54) is 11.0 Å². The highest BCUT2D eigenvalue weighted by Gasteiger charge is 2.33. The predicted molar refractivity (Wildman–Crippen MR) is 90.1 cm³/mol. The van der Waals surface area contributed by atoms with E-state index in [2.05, 4.69) is 5.32 Å². The van der Waals surface area contributed by atoms with Gasteiger partial charge in [0.2, 0.25) is 0 Å². The average molecular weight is 316 g/mol. The molecule has 124 valence electrons. The maximum absolute atomic E-state index is 12.5. The first-order chi connectivity index (χ1) is 10.9. The number of carbonyl (C=O) groups is 2. The number of nitrogens with one attached hydrogen (secondary N) is 1. The van der Waals surface area contributed by atoms with Gasteiger partial charge in [0.05, 0.1) is 0 Å². The normalized spacial score (nSPS) is 18.9. The molecule has 1 aromatic rings. The standard InChI is InChI=1S/C18H24N2O3/c1-18(2,3)23-17(22)20-12-11-19-13-15(20)16(21)10-9-14-7-5-4-6-8-14/h4-10,15,19H,11-13H2,1-3H3. The Morgan fingerprint density at radius 3 is 2.61 bits per heavy atom. The monoisotopic (exact) mass is 316 g/mol. The Kier molecular flexibility index (Phi) is 5.55. The summed E-state index contributed by atoms with van der Waals surface area (Å²) in [6, 6.07) is 9.08. The lowest BCUT2D eigenvalue weighted by Crippen LogP contribution is -2.57. The van der Waals surface area contributed by atoms with E-state index in [4.69, 9.17) is 4.74 Å². The Balaban J connectivity index is 2.07. The Labute approximate surface area is 137 Å². The SMILES string of the molecule is CC(C)(C)OC(=O)N1CCNCC1C(=O)C=Cc1ccccc1. The van der Waals surface area contributed by atoms with Gasteiger partial charge >= 0.3 is 6.09 Å². The highest BCUT2D eigenvalue weighted by atomic mass is 16.6. The van der Waals surface area contributed by atoms with Gasteiger partial charge in [0.25, 0.3) is 0 Å². The minimum Gasteiger partial charge on any atom is -0.444 e. The van der Waals surface area contributed by atoms with Crippen LogP contribution in [-0.2, 0) is 9.53 Å². The number of hydrogen-bond donors (Lipinski definition) is 1. The van der Waals surface area contributed by atoms with Crippen molar-refractivity contribution in [2.45, 2.75) is 32.4 Å². The van der Waals surface area contributed by atoms with Crippen molar-refractivity contribution in [2.24, 2.45) is 0 Å². The molecule has 1 atom stereocenters. The molecule has 0 saturated carbocycles. The second kappa shape index (κ2) is 7.42. The van der Waals surface area contributed by atoms with Gasteiger partial charge in [-0.1, -0.05) is 36.4 Å². The molecule has 0 spiro atoms. The molecule has 1 aliphatic heterocycles. The van der Waals surface area contributed by atoms with Gasteiger partial charge < -0.3 is 10.1 Å². The van der Waals surface area contributed by atoms with Crippen LogP contribution in [0.3, 0.4) is 0 Å². The van der Waals surface area contributed by atoms with Crippen LogP contribution in [0.5, 0.6) is 0 Å². The van der Waals surface area contributed by atoms with Crippen molar-refractivity contribution < 1.29 is 14.3 Å². The fraction of sp³-hybridized carbons (Fsp3) is 0.444. The van der Waals surface area contributed by atoms with Crippen molar-refractivity contribution in [1.29, 1.82) is 0 Å². The lowest BCUT2D eigenvalue weighted by molar-refractivity contribution is -0.120. The molecule has 5 heteroatoms. The number of piperazine rings is 1. The molecule has 23 heavy (non-hydrogen) atoms. The number of nitrogens with zero attached hydrogens (tertiary/aromatic N) is 1. The summed E-state index contributed by atoms with van der Waals surface area (Å²) in [7, 11) is 0. The summed E-state index contributed by atoms with van der Waals surface area (Å²) in [5.74, 6) is -0.105. The van der Waals surface area contributed by atoms with E-state index in [0.717, 1.165) is 5.56 Å². The van der Waals surface area contributed by atoms with Gasteiger partial charge in [-0.15, -0.1) is 0 Å². The van der Waals surface area contributed by atoms with Crippen LogP contribution < -0.4 is 5.32 Å². The third-order valence-corrected chi connectivity index (χ3v) is 3.44. The van der Waals surface area contributed by atoms with Crippen LogP contribution in [0.25, 0.3) is 6.08 Å². The van der Waals surface area contributed by atoms with Crippen molar-refractivity contribution in [3.05, 3.63) is 42.0 Å². The Bertz CT molecular complexity index is 576. The lowest BCUT2D eigenvalue weighted by Gasteiger charge is -2.35. The van der Waals surface area contributed by atoms with Gasteiger partial charge in [-0.2, -0.15) is 0 Å². The molecule has 0 aliphatic carbocycles. The van der Waals surface area contributed by atoms with E-state index in [1.54, 1.807) is 6.08 Å². The molecule has 1 N–H and O–H groups in total. The third-order valence-electron chi connectivity index (χ3n) is 3.44. The fourth-order valence-electron chi connectivity index (χ4n) is 2.35. The second-order valence-corrected chi connectivity index (χ2v) is 6.54. The summed E-state index contributed by atoms with van der Waals surface area (Å²) in [4.78, 5) is 26.3. The first-order valence-corrected chi connectivity index (χ1v) is 7.84. The van der Waals surface area contributed by atoms with Crippen LogP contribution in [0.2, 0.25) is 0 Å². The number of ketones is 1. The Hall–Kier alpha value is -2.14. The second-order valence-electron chi connectivity index (χ2n) is 6.54. The van der Waals surface area contributed by atoms with Crippen LogP contribution in [-0.4, -0.2) is 48.1 Å². The van der Waals surface area contributed by atoms with Crippen LogP contribution in [0.15, 0.2) is 36.4 Å². The molecule has 1 heterocycles. The number of hydrogen-bond acceptors (Lipinski definition) is 4. The molecule has 2 rings (SSSR count). The molecular formula is C18H24N2O3. The number of rotatable bonds is 3. The minimum atomic E-state index is -0.574. The summed E-state index contributed by atoms with van der Waals surface area (Å²) in [5.41, 5.74) is 0.378. The highest BCUT2D eigenvalue weighted by Crippen LogP contribution is 2.14. The number of amides is 1. The molecular weight excluding hydrogens is 292 g/mol. The van der Waals surface area contributed by atoms with E-state index < -0.39 is 17.7 Å². The molecule has 1 aliphatic rings. The smallest absolute Gasteiger partial charge is 0.411 e. The van der Waals surface area contributed by atoms with Crippen molar-refractivity contribution in [1.82, 2.24) is 10.2 Å². The zero-order chi connectivity index (χ0) is 16.9. The zero-order valence-corrected chi connectivity index (χ0v) is 13.9. The van der Waals surface area contributed by atoms with Crippen molar-refractivity contribution >= 4 is 18.0 Å². The van der Waals surface area contributed by atoms with E-state index in [1.807, 2.05) is 51.1 Å². The fourth-order valence-corrected chi connectivity index (χ4v) is 2.35. The lowest BCUT2D eigenvalue weighted by atomic mass is 10.1. The molecule has 0 bridgehead atoms. The molecule has 1 unspecified atom stereocenters. The quantitative estimate of drug-likeness (QED) is 0.870. The third kappa shape index (κ3) is 5.21. The van der Waals surface area contributed by atoms with E-state index in [-0.39, 0.29) is 5.78 Å². The van der Waals surface area contributed by atoms with Gasteiger partial charge in [0.1, 0.15) is 11.6 Å². The average Bonchev–Trinajstić information content (AvgIpc) is 2.52. The summed E-state index contributed by atoms with van der Waals surface area (Å²) in [6.07, 6.45) is 2.86. The van der Waals surface area contributed by atoms with Crippen LogP contribution >= 0.6 is 0 Å². The molecule has 1 saturated heterocycles. The maximum Gasteiger partial charge on any atom is 0.411 e. The van der Waals surface area contributed by atoms with E-state index in [0.29, 0.717) is 19.6 Å². The molecule has 5 nitrogen and oxygen atoms in total. The van der Waals surface area contributed by atoms with E-state index >= 15 is 0 Å². The van der Waals surface area contributed by atoms with Gasteiger partial charge in [-0.05, 0) is 32.4 Å². The molecule has 0 aromatic heterocycles. The van der Waals surface area contributed by atoms with Crippen LogP contribution in [0.4, 0.5) is 4.79 Å². The van der Waals surface area contributed by atoms with Gasteiger partial charge in [0.15, 0.2) is 5.78 Å². The number of carbonyl (C=O) groups excluding carboxylic acids is 2. The van der Waals surface area contributed by atoms with Gasteiger partial charge in [0, 0.05) is 19.6 Å². The zero-order valence-electron chi connectivity index (χ0n) is 13.9. The largest absolute Gasteiger partial charge is 0.444 e. The first-order valence-electron chi connectivity index (χ1n) is 7.84. The van der Waals surface area contributed by atoms with Crippen molar-refractivity contribution in [2.75, 3.05) is 19.6 Å². The summed E-state index contributed by atoms with van der Waals surface area (Å²) in [6.45, 7) is 7.02. The first kappa shape index (κ1) is 17.2. The van der Waals surface area contributed by atoms with Crippen LogP contribution in [0.1, 0.15) is 26.3 Å². The Morgan fingerprint density at radius 1 is 1.26 bits per heavy atom. The molecule has 1 aromatic carbocycles. The van der Waals surface area contributed by atoms with Crippen LogP contribution in [0, 0.1) is 0 Å². The number of benzene rings is 1. The molecule has 1 amide bonds. The topological polar surface area (TPSA) is 58.6 Å². The molecule has 1 fully saturated rings. The maximum atomic E-state index is 12.5. The number of ether oxygens (including phenoxy) is 1. The highest BCUT2D eigenvalue weighted by molar-refractivity contribution is 5.99. The summed E-state index contributed by atoms with van der Waals surface area (Å²) in [5, 5.41) is 3.16.